The van der Waals surface area contributed by atoms with Crippen LogP contribution in [0.1, 0.15) is 30.0 Å². The molecule has 0 aliphatic rings. The van der Waals surface area contributed by atoms with Gasteiger partial charge < -0.3 is 5.32 Å². The van der Waals surface area contributed by atoms with Crippen LogP contribution in [0.2, 0.25) is 0 Å². The Morgan fingerprint density at radius 1 is 1.35 bits per heavy atom. The summed E-state index contributed by atoms with van der Waals surface area (Å²) >= 11 is 3.72. The van der Waals surface area contributed by atoms with E-state index < -0.39 is 0 Å². The van der Waals surface area contributed by atoms with E-state index in [4.69, 9.17) is 0 Å². The fraction of sp³-hybridized carbons (Fsp3) is 0.400. The van der Waals surface area contributed by atoms with Gasteiger partial charge in [-0.3, -0.25) is 4.68 Å². The quantitative estimate of drug-likeness (QED) is 0.746. The molecule has 0 aliphatic heterocycles. The Labute approximate surface area is 127 Å². The number of thiophene rings is 2. The molecule has 0 saturated carbocycles. The van der Waals surface area contributed by atoms with E-state index in [-0.39, 0.29) is 0 Å². The van der Waals surface area contributed by atoms with E-state index in [2.05, 4.69) is 40.9 Å². The zero-order chi connectivity index (χ0) is 13.9. The van der Waals surface area contributed by atoms with Crippen LogP contribution < -0.4 is 5.32 Å². The lowest BCUT2D eigenvalue weighted by Gasteiger charge is -2.15. The largest absolute Gasteiger partial charge is 0.309 e. The van der Waals surface area contributed by atoms with Gasteiger partial charge in [-0.25, -0.2) is 0 Å². The van der Waals surface area contributed by atoms with Crippen molar-refractivity contribution in [3.8, 4) is 0 Å². The fourth-order valence-electron chi connectivity index (χ4n) is 2.33. The molecule has 0 aliphatic carbocycles. The lowest BCUT2D eigenvalue weighted by atomic mass is 10.1. The molecule has 0 fully saturated rings. The van der Waals surface area contributed by atoms with E-state index in [0.717, 1.165) is 25.1 Å². The normalized spacial score (nSPS) is 13.1. The first-order valence-electron chi connectivity index (χ1n) is 6.95. The summed E-state index contributed by atoms with van der Waals surface area (Å²) in [5.41, 5.74) is 1.15. The van der Waals surface area contributed by atoms with Crippen molar-refractivity contribution in [2.45, 2.75) is 25.8 Å². The van der Waals surface area contributed by atoms with Gasteiger partial charge in [0.15, 0.2) is 0 Å². The molecule has 0 spiro atoms. The number of nitrogens with zero attached hydrogens (tertiary/aromatic N) is 2. The first kappa shape index (κ1) is 13.8. The zero-order valence-corrected chi connectivity index (χ0v) is 13.4. The molecule has 0 aromatic carbocycles. The highest BCUT2D eigenvalue weighted by Gasteiger charge is 2.16. The topological polar surface area (TPSA) is 29.9 Å². The maximum atomic E-state index is 4.51. The van der Waals surface area contributed by atoms with Gasteiger partial charge in [0, 0.05) is 40.0 Å². The molecule has 3 heterocycles. The van der Waals surface area contributed by atoms with Crippen LogP contribution in [0.3, 0.4) is 0 Å². The second-order valence-corrected chi connectivity index (χ2v) is 7.05. The molecule has 20 heavy (non-hydrogen) atoms. The Morgan fingerprint density at radius 3 is 2.95 bits per heavy atom. The Bertz CT molecular complexity index is 651. The molecule has 5 heteroatoms. The van der Waals surface area contributed by atoms with Crippen molar-refractivity contribution in [1.29, 1.82) is 0 Å². The summed E-state index contributed by atoms with van der Waals surface area (Å²) in [5.74, 6) is 0. The molecule has 1 atom stereocenters. The standard InChI is InChI=1S/C15H19N3S2/c1-3-6-16-12(9-11-4-7-18(2)17-11)14-10-15-13(20-14)5-8-19-15/h4-5,7-8,10,12,16H,3,6,9H2,1-2H3. The van der Waals surface area contributed by atoms with Crippen LogP contribution >= 0.6 is 22.7 Å². The second kappa shape index (κ2) is 6.08. The average Bonchev–Trinajstić information content (AvgIpc) is 3.09. The van der Waals surface area contributed by atoms with Crippen molar-refractivity contribution >= 4 is 32.1 Å². The van der Waals surface area contributed by atoms with Crippen LogP contribution in [0.25, 0.3) is 9.40 Å². The molecule has 1 unspecified atom stereocenters. The van der Waals surface area contributed by atoms with Crippen molar-refractivity contribution in [2.24, 2.45) is 7.05 Å². The van der Waals surface area contributed by atoms with E-state index >= 15 is 0 Å². The summed E-state index contributed by atoms with van der Waals surface area (Å²) in [5, 5.41) is 10.3. The van der Waals surface area contributed by atoms with Gasteiger partial charge in [-0.1, -0.05) is 6.92 Å². The molecule has 3 aromatic heterocycles. The third-order valence-corrected chi connectivity index (χ3v) is 5.53. The van der Waals surface area contributed by atoms with Crippen LogP contribution in [0.5, 0.6) is 0 Å². The molecule has 3 nitrogen and oxygen atoms in total. The number of fused-ring (bicyclic) bond motifs is 1. The number of nitrogens with one attached hydrogen (secondary N) is 1. The maximum absolute atomic E-state index is 4.51. The lowest BCUT2D eigenvalue weighted by Crippen LogP contribution is -2.23. The summed E-state index contributed by atoms with van der Waals surface area (Å²) in [6.07, 6.45) is 4.12. The molecule has 0 amide bonds. The first-order chi connectivity index (χ1) is 9.76. The third kappa shape index (κ3) is 2.95. The molecular formula is C15H19N3S2. The fourth-order valence-corrected chi connectivity index (χ4v) is 4.52. The molecule has 3 rings (SSSR count). The minimum atomic E-state index is 0.370. The summed E-state index contributed by atoms with van der Waals surface area (Å²) in [6.45, 7) is 3.25. The summed E-state index contributed by atoms with van der Waals surface area (Å²) in [4.78, 5) is 1.42. The monoisotopic (exact) mass is 305 g/mol. The lowest BCUT2D eigenvalue weighted by molar-refractivity contribution is 0.528. The number of hydrogen-bond donors (Lipinski definition) is 1. The van der Waals surface area contributed by atoms with Gasteiger partial charge in [0.25, 0.3) is 0 Å². The Balaban J connectivity index is 1.83. The Hall–Kier alpha value is -1.17. The summed E-state index contributed by atoms with van der Waals surface area (Å²) < 4.78 is 4.67. The highest BCUT2D eigenvalue weighted by Crippen LogP contribution is 2.34. The average molecular weight is 305 g/mol. The van der Waals surface area contributed by atoms with Crippen molar-refractivity contribution in [3.05, 3.63) is 40.3 Å². The van der Waals surface area contributed by atoms with Crippen LogP contribution in [0.4, 0.5) is 0 Å². The van der Waals surface area contributed by atoms with Crippen molar-refractivity contribution in [1.82, 2.24) is 15.1 Å². The summed E-state index contributed by atoms with van der Waals surface area (Å²) in [6, 6.07) is 7.03. The van der Waals surface area contributed by atoms with Gasteiger partial charge in [-0.05, 0) is 36.5 Å². The van der Waals surface area contributed by atoms with Gasteiger partial charge in [0.1, 0.15) is 0 Å². The van der Waals surface area contributed by atoms with Crippen molar-refractivity contribution in [3.63, 3.8) is 0 Å². The number of aryl methyl sites for hydroxylation is 1. The Morgan fingerprint density at radius 2 is 2.25 bits per heavy atom. The van der Waals surface area contributed by atoms with E-state index in [9.17, 15) is 0 Å². The number of hydrogen-bond acceptors (Lipinski definition) is 4. The van der Waals surface area contributed by atoms with E-state index in [1.807, 2.05) is 40.6 Å². The summed E-state index contributed by atoms with van der Waals surface area (Å²) in [7, 11) is 1.97. The SMILES string of the molecule is CCCNC(Cc1ccn(C)n1)c1cc2sccc2s1. The highest BCUT2D eigenvalue weighted by atomic mass is 32.1. The molecule has 0 radical (unpaired) electrons. The first-order valence-corrected chi connectivity index (χ1v) is 8.64. The predicted octanol–water partition coefficient (Wildman–Crippen LogP) is 3.98. The Kier molecular flexibility index (Phi) is 4.19. The zero-order valence-electron chi connectivity index (χ0n) is 11.8. The molecule has 0 saturated heterocycles. The third-order valence-electron chi connectivity index (χ3n) is 3.32. The highest BCUT2D eigenvalue weighted by molar-refractivity contribution is 7.26. The van der Waals surface area contributed by atoms with Crippen LogP contribution in [-0.4, -0.2) is 16.3 Å². The van der Waals surface area contributed by atoms with Gasteiger partial charge in [-0.2, -0.15) is 5.10 Å². The minimum Gasteiger partial charge on any atom is -0.309 e. The van der Waals surface area contributed by atoms with Crippen LogP contribution in [0, 0.1) is 0 Å². The van der Waals surface area contributed by atoms with E-state index in [1.165, 1.54) is 14.3 Å². The molecule has 106 valence electrons. The van der Waals surface area contributed by atoms with Gasteiger partial charge in [0.05, 0.1) is 5.69 Å². The van der Waals surface area contributed by atoms with Crippen molar-refractivity contribution in [2.75, 3.05) is 6.54 Å². The molecule has 1 N–H and O–H groups in total. The predicted molar refractivity (Wildman–Crippen MR) is 87.6 cm³/mol. The second-order valence-electron chi connectivity index (χ2n) is 4.99. The van der Waals surface area contributed by atoms with E-state index in [0.29, 0.717) is 6.04 Å². The smallest absolute Gasteiger partial charge is 0.0643 e. The number of aromatic nitrogens is 2. The van der Waals surface area contributed by atoms with Gasteiger partial charge in [0.2, 0.25) is 0 Å². The van der Waals surface area contributed by atoms with Crippen molar-refractivity contribution < 1.29 is 0 Å². The molecule has 3 aromatic rings. The number of rotatable bonds is 6. The van der Waals surface area contributed by atoms with Crippen LogP contribution in [-0.2, 0) is 13.5 Å². The molecular weight excluding hydrogens is 286 g/mol. The maximum Gasteiger partial charge on any atom is 0.0643 e. The van der Waals surface area contributed by atoms with E-state index in [1.54, 1.807) is 0 Å². The molecule has 0 bridgehead atoms. The van der Waals surface area contributed by atoms with Gasteiger partial charge >= 0.3 is 0 Å². The minimum absolute atomic E-state index is 0.370. The van der Waals surface area contributed by atoms with Crippen LogP contribution in [0.15, 0.2) is 29.8 Å². The van der Waals surface area contributed by atoms with Gasteiger partial charge in [-0.15, -0.1) is 22.7 Å².